The van der Waals surface area contributed by atoms with E-state index < -0.39 is 23.7 Å². The van der Waals surface area contributed by atoms with E-state index in [-0.39, 0.29) is 11.1 Å². The summed E-state index contributed by atoms with van der Waals surface area (Å²) in [7, 11) is 0. The summed E-state index contributed by atoms with van der Waals surface area (Å²) in [5, 5.41) is 8.96. The summed E-state index contributed by atoms with van der Waals surface area (Å²) in [6.45, 7) is 0. The van der Waals surface area contributed by atoms with Gasteiger partial charge in [0.05, 0.1) is 5.56 Å². The number of nitrogen functional groups attached to an aromatic ring is 1. The minimum absolute atomic E-state index is 0.0906. The molecule has 0 bridgehead atoms. The Morgan fingerprint density at radius 2 is 2.27 bits per heavy atom. The first-order valence-corrected chi connectivity index (χ1v) is 4.96. The molecule has 1 rings (SSSR count). The molecule has 0 spiro atoms. The molecule has 0 aliphatic carbocycles. The van der Waals surface area contributed by atoms with Crippen LogP contribution < -0.4 is 5.73 Å². The van der Waals surface area contributed by atoms with E-state index in [1.807, 2.05) is 0 Å². The molecule has 1 aromatic rings. The fraction of sp³-hybridized carbons (Fsp3) is 0.250. The second-order valence-electron chi connectivity index (χ2n) is 2.71. The number of alkyl halides is 3. The van der Waals surface area contributed by atoms with Gasteiger partial charge in [0.25, 0.3) is 6.43 Å². The van der Waals surface area contributed by atoms with Gasteiger partial charge < -0.3 is 10.8 Å². The van der Waals surface area contributed by atoms with E-state index >= 15 is 0 Å². The zero-order valence-electron chi connectivity index (χ0n) is 7.38. The normalized spacial score (nSPS) is 10.7. The highest BCUT2D eigenvalue weighted by Crippen LogP contribution is 2.25. The Morgan fingerprint density at radius 3 is 2.67 bits per heavy atom. The molecule has 0 atom stereocenters. The minimum atomic E-state index is -2.96. The predicted molar refractivity (Wildman–Crippen MR) is 53.2 cm³/mol. The number of halogens is 3. The molecular weight excluding hydrogens is 274 g/mol. The molecule has 1 heterocycles. The highest BCUT2D eigenvalue weighted by atomic mass is 79.9. The van der Waals surface area contributed by atoms with Crippen LogP contribution in [0.15, 0.2) is 6.07 Å². The van der Waals surface area contributed by atoms with Crippen LogP contribution in [0, 0.1) is 0 Å². The predicted octanol–water partition coefficient (Wildman–Crippen LogP) is 2.19. The molecule has 0 fully saturated rings. The summed E-state index contributed by atoms with van der Waals surface area (Å²) in [4.78, 5) is 14.1. The first-order valence-electron chi connectivity index (χ1n) is 3.84. The van der Waals surface area contributed by atoms with Crippen molar-refractivity contribution in [1.82, 2.24) is 4.98 Å². The Labute approximate surface area is 92.2 Å². The zero-order valence-corrected chi connectivity index (χ0v) is 8.96. The lowest BCUT2D eigenvalue weighted by Crippen LogP contribution is -2.09. The van der Waals surface area contributed by atoms with Gasteiger partial charge in [-0.15, -0.1) is 0 Å². The number of aromatic nitrogens is 1. The van der Waals surface area contributed by atoms with Crippen molar-refractivity contribution in [2.75, 3.05) is 5.73 Å². The lowest BCUT2D eigenvalue weighted by molar-refractivity contribution is 0.0682. The first kappa shape index (κ1) is 11.8. The van der Waals surface area contributed by atoms with Gasteiger partial charge in [0.15, 0.2) is 0 Å². The van der Waals surface area contributed by atoms with E-state index in [2.05, 4.69) is 20.9 Å². The Morgan fingerprint density at radius 1 is 1.67 bits per heavy atom. The Hall–Kier alpha value is -1.24. The molecule has 4 nitrogen and oxygen atoms in total. The van der Waals surface area contributed by atoms with Crippen molar-refractivity contribution in [3.8, 4) is 0 Å². The maximum atomic E-state index is 12.4. The smallest absolute Gasteiger partial charge is 0.337 e. The molecule has 0 saturated heterocycles. The number of carbonyl (C=O) groups is 1. The monoisotopic (exact) mass is 280 g/mol. The number of pyridine rings is 1. The lowest BCUT2D eigenvalue weighted by Gasteiger charge is -2.08. The number of aromatic carboxylic acids is 1. The number of carboxylic acids is 1. The van der Waals surface area contributed by atoms with Gasteiger partial charge in [0.2, 0.25) is 0 Å². The molecule has 82 valence electrons. The molecule has 1 aromatic heterocycles. The van der Waals surface area contributed by atoms with Crippen LogP contribution in [-0.4, -0.2) is 16.1 Å². The maximum Gasteiger partial charge on any atom is 0.337 e. The number of carboxylic acid groups (broad SMARTS) is 1. The van der Waals surface area contributed by atoms with Crippen molar-refractivity contribution in [2.24, 2.45) is 0 Å². The van der Waals surface area contributed by atoms with Crippen LogP contribution in [0.4, 0.5) is 14.6 Å². The summed E-state index contributed by atoms with van der Waals surface area (Å²) in [6.07, 6.45) is -2.96. The van der Waals surface area contributed by atoms with Gasteiger partial charge in [0, 0.05) is 10.9 Å². The van der Waals surface area contributed by atoms with Gasteiger partial charge >= 0.3 is 5.97 Å². The van der Waals surface area contributed by atoms with Crippen LogP contribution in [0.1, 0.15) is 28.0 Å². The van der Waals surface area contributed by atoms with Crippen LogP contribution >= 0.6 is 15.9 Å². The van der Waals surface area contributed by atoms with Crippen LogP contribution in [0.5, 0.6) is 0 Å². The third kappa shape index (κ3) is 2.41. The summed E-state index contributed by atoms with van der Waals surface area (Å²) in [5.74, 6) is -1.54. The number of nitrogens with two attached hydrogens (primary N) is 1. The molecule has 0 aliphatic rings. The SMILES string of the molecule is Nc1nc(C(F)F)c(C(=O)O)cc1CBr. The van der Waals surface area contributed by atoms with E-state index in [1.165, 1.54) is 0 Å². The molecular formula is C8H7BrF2N2O2. The number of anilines is 1. The van der Waals surface area contributed by atoms with Crippen LogP contribution in [-0.2, 0) is 5.33 Å². The molecule has 7 heteroatoms. The highest BCUT2D eigenvalue weighted by Gasteiger charge is 2.21. The molecule has 0 saturated carbocycles. The van der Waals surface area contributed by atoms with Crippen LogP contribution in [0.2, 0.25) is 0 Å². The number of hydrogen-bond donors (Lipinski definition) is 2. The van der Waals surface area contributed by atoms with Crippen molar-refractivity contribution in [2.45, 2.75) is 11.8 Å². The maximum absolute atomic E-state index is 12.4. The number of hydrogen-bond acceptors (Lipinski definition) is 3. The first-order chi connectivity index (χ1) is 6.97. The summed E-state index contributed by atoms with van der Waals surface area (Å²) in [5.41, 5.74) is 4.42. The third-order valence-electron chi connectivity index (χ3n) is 1.75. The van der Waals surface area contributed by atoms with Crippen molar-refractivity contribution in [3.63, 3.8) is 0 Å². The van der Waals surface area contributed by atoms with Gasteiger partial charge in [-0.3, -0.25) is 0 Å². The van der Waals surface area contributed by atoms with Gasteiger partial charge in [-0.1, -0.05) is 15.9 Å². The third-order valence-corrected chi connectivity index (χ3v) is 2.35. The molecule has 3 N–H and O–H groups in total. The van der Waals surface area contributed by atoms with Gasteiger partial charge in [-0.05, 0) is 6.07 Å². The van der Waals surface area contributed by atoms with Crippen LogP contribution in [0.25, 0.3) is 0 Å². The topological polar surface area (TPSA) is 76.2 Å². The van der Waals surface area contributed by atoms with Gasteiger partial charge in [0.1, 0.15) is 11.5 Å². The summed E-state index contributed by atoms with van der Waals surface area (Å²) < 4.78 is 24.8. The van der Waals surface area contributed by atoms with Gasteiger partial charge in [-0.2, -0.15) is 0 Å². The standard InChI is InChI=1S/C8H7BrF2N2O2/c9-2-3-1-4(8(14)15)5(6(10)11)13-7(3)12/h1,6H,2H2,(H2,12,13)(H,14,15). The van der Waals surface area contributed by atoms with E-state index in [0.717, 1.165) is 6.07 Å². The van der Waals surface area contributed by atoms with Crippen molar-refractivity contribution >= 4 is 27.7 Å². The molecule has 0 radical (unpaired) electrons. The average Bonchev–Trinajstić information content (AvgIpc) is 2.16. The Balaban J connectivity index is 3.39. The fourth-order valence-electron chi connectivity index (χ4n) is 1.03. The lowest BCUT2D eigenvalue weighted by atomic mass is 10.1. The fourth-order valence-corrected chi connectivity index (χ4v) is 1.48. The summed E-state index contributed by atoms with van der Waals surface area (Å²) >= 11 is 3.05. The Kier molecular flexibility index (Phi) is 3.57. The second-order valence-corrected chi connectivity index (χ2v) is 3.27. The number of rotatable bonds is 3. The van der Waals surface area contributed by atoms with E-state index in [9.17, 15) is 13.6 Å². The largest absolute Gasteiger partial charge is 0.478 e. The molecule has 0 aliphatic heterocycles. The van der Waals surface area contributed by atoms with Crippen molar-refractivity contribution in [3.05, 3.63) is 22.9 Å². The van der Waals surface area contributed by atoms with E-state index in [4.69, 9.17) is 10.8 Å². The quantitative estimate of drug-likeness (QED) is 0.833. The van der Waals surface area contributed by atoms with Crippen LogP contribution in [0.3, 0.4) is 0 Å². The van der Waals surface area contributed by atoms with Crippen molar-refractivity contribution in [1.29, 1.82) is 0 Å². The van der Waals surface area contributed by atoms with E-state index in [1.54, 1.807) is 0 Å². The zero-order chi connectivity index (χ0) is 11.6. The molecule has 15 heavy (non-hydrogen) atoms. The minimum Gasteiger partial charge on any atom is -0.478 e. The highest BCUT2D eigenvalue weighted by molar-refractivity contribution is 9.08. The molecule has 0 unspecified atom stereocenters. The van der Waals surface area contributed by atoms with E-state index in [0.29, 0.717) is 5.56 Å². The van der Waals surface area contributed by atoms with Gasteiger partial charge in [-0.25, -0.2) is 18.6 Å². The molecule has 0 aromatic carbocycles. The van der Waals surface area contributed by atoms with Crippen molar-refractivity contribution < 1.29 is 18.7 Å². The Bertz CT molecular complexity index is 398. The average molecular weight is 281 g/mol. The summed E-state index contributed by atoms with van der Waals surface area (Å²) in [6, 6.07) is 1.10. The second kappa shape index (κ2) is 4.52. The molecule has 0 amide bonds. The number of nitrogens with zero attached hydrogens (tertiary/aromatic N) is 1.